The van der Waals surface area contributed by atoms with Crippen molar-refractivity contribution in [3.63, 3.8) is 0 Å². The molecule has 0 bridgehead atoms. The minimum atomic E-state index is -0.575. The van der Waals surface area contributed by atoms with Crippen molar-refractivity contribution < 1.29 is 0 Å². The van der Waals surface area contributed by atoms with Crippen LogP contribution < -0.4 is 9.80 Å². The van der Waals surface area contributed by atoms with Gasteiger partial charge in [0.15, 0.2) is 0 Å². The SMILES string of the molecule is CC1(C)c2ccccc2-c2ccc(N(c3ccccc3)c3ccc4c(c3)C3(c5ccccc5-4)c4ccccc4-c4c(N(c5ccccc5)c5ccc(-c6cccc7ccccc67)cc5)cccc43)cc21. The Labute approximate surface area is 410 Å². The molecule has 0 aliphatic heterocycles. The first-order valence-electron chi connectivity index (χ1n) is 24.5. The average Bonchev–Trinajstić information content (AvgIpc) is 3.98. The van der Waals surface area contributed by atoms with Gasteiger partial charge in [0.05, 0.1) is 11.1 Å². The highest BCUT2D eigenvalue weighted by Crippen LogP contribution is 2.65. The van der Waals surface area contributed by atoms with Crippen LogP contribution in [-0.4, -0.2) is 0 Å². The van der Waals surface area contributed by atoms with E-state index in [-0.39, 0.29) is 5.41 Å². The van der Waals surface area contributed by atoms with Gasteiger partial charge in [-0.25, -0.2) is 0 Å². The Morgan fingerprint density at radius 1 is 0.286 bits per heavy atom. The topological polar surface area (TPSA) is 6.48 Å². The van der Waals surface area contributed by atoms with Gasteiger partial charge in [-0.2, -0.15) is 0 Å². The molecule has 3 aliphatic rings. The van der Waals surface area contributed by atoms with Crippen molar-refractivity contribution in [1.29, 1.82) is 0 Å². The average molecular weight is 893 g/mol. The standard InChI is InChI=1S/C68H48N2/c1-67(2)59-30-14-11-26-54(59)56-41-39-50(43-63(56)67)69(47-21-5-3-6-22-47)51-40-42-57-55-27-12-15-31-60(55)68(64(57)44-51)61-32-16-13-28-58(61)66-62(68)33-18-34-65(66)70(48-23-7-4-8-24-48)49-37-35-46(36-38-49)53-29-17-20-45-19-9-10-25-52(45)53/h3-44H,1-2H3. The van der Waals surface area contributed by atoms with Crippen molar-refractivity contribution >= 4 is 44.9 Å². The van der Waals surface area contributed by atoms with Gasteiger partial charge in [-0.1, -0.05) is 202 Å². The van der Waals surface area contributed by atoms with E-state index in [2.05, 4.69) is 278 Å². The van der Waals surface area contributed by atoms with Crippen LogP contribution in [0.3, 0.4) is 0 Å². The predicted molar refractivity (Wildman–Crippen MR) is 293 cm³/mol. The summed E-state index contributed by atoms with van der Waals surface area (Å²) in [6.07, 6.45) is 0. The molecule has 0 saturated carbocycles. The Hall–Kier alpha value is -8.72. The third kappa shape index (κ3) is 5.74. The third-order valence-electron chi connectivity index (χ3n) is 15.7. The summed E-state index contributed by atoms with van der Waals surface area (Å²) in [5.41, 5.74) is 24.2. The molecule has 1 atom stereocenters. The smallest absolute Gasteiger partial charge is 0.0727 e. The second-order valence-electron chi connectivity index (χ2n) is 19.6. The Morgan fingerprint density at radius 2 is 0.743 bits per heavy atom. The maximum absolute atomic E-state index is 2.51. The molecule has 11 aromatic rings. The summed E-state index contributed by atoms with van der Waals surface area (Å²) in [5, 5.41) is 2.51. The summed E-state index contributed by atoms with van der Waals surface area (Å²) in [4.78, 5) is 4.93. The Morgan fingerprint density at radius 3 is 1.46 bits per heavy atom. The van der Waals surface area contributed by atoms with Crippen LogP contribution in [0, 0.1) is 0 Å². The first-order valence-corrected chi connectivity index (χ1v) is 24.5. The fraction of sp³-hybridized carbons (Fsp3) is 0.0588. The molecule has 0 saturated heterocycles. The Balaban J connectivity index is 0.972. The maximum atomic E-state index is 2.51. The van der Waals surface area contributed by atoms with Gasteiger partial charge in [-0.15, -0.1) is 0 Å². The van der Waals surface area contributed by atoms with Gasteiger partial charge in [-0.3, -0.25) is 0 Å². The van der Waals surface area contributed by atoms with E-state index in [0.29, 0.717) is 0 Å². The highest BCUT2D eigenvalue weighted by Gasteiger charge is 2.53. The lowest BCUT2D eigenvalue weighted by molar-refractivity contribution is 0.660. The third-order valence-corrected chi connectivity index (χ3v) is 15.7. The van der Waals surface area contributed by atoms with Crippen LogP contribution in [0.4, 0.5) is 34.1 Å². The molecule has 1 unspecified atom stereocenters. The van der Waals surface area contributed by atoms with Crippen LogP contribution in [0.25, 0.3) is 55.3 Å². The van der Waals surface area contributed by atoms with Crippen molar-refractivity contribution in [2.24, 2.45) is 0 Å². The molecular weight excluding hydrogens is 845 g/mol. The van der Waals surface area contributed by atoms with E-state index >= 15 is 0 Å². The van der Waals surface area contributed by atoms with Crippen LogP contribution >= 0.6 is 0 Å². The van der Waals surface area contributed by atoms with Crippen LogP contribution in [0.1, 0.15) is 47.2 Å². The van der Waals surface area contributed by atoms with Crippen LogP contribution in [0.15, 0.2) is 255 Å². The molecule has 330 valence electrons. The number of anilines is 6. The molecule has 0 heterocycles. The van der Waals surface area contributed by atoms with Gasteiger partial charge in [-0.05, 0) is 150 Å². The van der Waals surface area contributed by atoms with Gasteiger partial charge >= 0.3 is 0 Å². The van der Waals surface area contributed by atoms with E-state index in [1.807, 2.05) is 0 Å². The number of hydrogen-bond acceptors (Lipinski definition) is 2. The molecule has 0 aromatic heterocycles. The molecular formula is C68H48N2. The quantitative estimate of drug-likeness (QED) is 0.157. The van der Waals surface area contributed by atoms with Gasteiger partial charge < -0.3 is 9.80 Å². The van der Waals surface area contributed by atoms with Crippen molar-refractivity contribution in [3.05, 3.63) is 288 Å². The molecule has 0 N–H and O–H groups in total. The number of benzene rings is 11. The van der Waals surface area contributed by atoms with Crippen molar-refractivity contribution in [2.45, 2.75) is 24.7 Å². The number of para-hydroxylation sites is 2. The molecule has 3 aliphatic carbocycles. The van der Waals surface area contributed by atoms with Crippen LogP contribution in [0.5, 0.6) is 0 Å². The summed E-state index contributed by atoms with van der Waals surface area (Å²) in [6.45, 7) is 4.74. The monoisotopic (exact) mass is 892 g/mol. The molecule has 0 radical (unpaired) electrons. The van der Waals surface area contributed by atoms with Gasteiger partial charge in [0, 0.05) is 39.4 Å². The lowest BCUT2D eigenvalue weighted by Crippen LogP contribution is -2.26. The first kappa shape index (κ1) is 40.4. The summed E-state index contributed by atoms with van der Waals surface area (Å²) < 4.78 is 0. The normalized spacial score (nSPS) is 15.2. The molecule has 0 amide bonds. The van der Waals surface area contributed by atoms with Crippen molar-refractivity contribution in [3.8, 4) is 44.5 Å². The van der Waals surface area contributed by atoms with E-state index in [4.69, 9.17) is 0 Å². The second kappa shape index (κ2) is 15.4. The van der Waals surface area contributed by atoms with Crippen molar-refractivity contribution in [1.82, 2.24) is 0 Å². The van der Waals surface area contributed by atoms with E-state index in [0.717, 1.165) is 34.1 Å². The van der Waals surface area contributed by atoms with Crippen LogP contribution in [0.2, 0.25) is 0 Å². The predicted octanol–water partition coefficient (Wildman–Crippen LogP) is 18.1. The largest absolute Gasteiger partial charge is 0.310 e. The lowest BCUT2D eigenvalue weighted by Gasteiger charge is -2.33. The number of hydrogen-bond donors (Lipinski definition) is 0. The maximum Gasteiger partial charge on any atom is 0.0727 e. The highest BCUT2D eigenvalue weighted by atomic mass is 15.2. The summed E-state index contributed by atoms with van der Waals surface area (Å²) in [6, 6.07) is 94.8. The van der Waals surface area contributed by atoms with E-state index in [9.17, 15) is 0 Å². The molecule has 70 heavy (non-hydrogen) atoms. The summed E-state index contributed by atoms with van der Waals surface area (Å²) in [7, 11) is 0. The lowest BCUT2D eigenvalue weighted by atomic mass is 9.70. The number of rotatable bonds is 7. The molecule has 11 aromatic carbocycles. The van der Waals surface area contributed by atoms with E-state index in [1.54, 1.807) is 0 Å². The second-order valence-corrected chi connectivity index (χ2v) is 19.6. The Bertz CT molecular complexity index is 3860. The fourth-order valence-electron chi connectivity index (χ4n) is 12.6. The summed E-state index contributed by atoms with van der Waals surface area (Å²) in [5.74, 6) is 0. The van der Waals surface area contributed by atoms with E-state index in [1.165, 1.54) is 88.7 Å². The Kier molecular flexibility index (Phi) is 8.88. The number of nitrogens with zero attached hydrogens (tertiary/aromatic N) is 2. The zero-order valence-corrected chi connectivity index (χ0v) is 39.1. The molecule has 2 nitrogen and oxygen atoms in total. The zero-order chi connectivity index (χ0) is 46.6. The molecule has 14 rings (SSSR count). The molecule has 2 heteroatoms. The molecule has 1 spiro atoms. The van der Waals surface area contributed by atoms with Gasteiger partial charge in [0.1, 0.15) is 0 Å². The fourth-order valence-corrected chi connectivity index (χ4v) is 12.6. The van der Waals surface area contributed by atoms with Crippen LogP contribution in [-0.2, 0) is 10.8 Å². The minimum Gasteiger partial charge on any atom is -0.310 e. The molecule has 0 fully saturated rings. The number of fused-ring (bicyclic) bond motifs is 14. The van der Waals surface area contributed by atoms with Gasteiger partial charge in [0.25, 0.3) is 0 Å². The highest BCUT2D eigenvalue weighted by molar-refractivity contribution is 6.02. The minimum absolute atomic E-state index is 0.130. The zero-order valence-electron chi connectivity index (χ0n) is 39.1. The summed E-state index contributed by atoms with van der Waals surface area (Å²) >= 11 is 0. The van der Waals surface area contributed by atoms with Gasteiger partial charge in [0.2, 0.25) is 0 Å². The van der Waals surface area contributed by atoms with Crippen molar-refractivity contribution in [2.75, 3.05) is 9.80 Å². The van der Waals surface area contributed by atoms with E-state index < -0.39 is 5.41 Å². The first-order chi connectivity index (χ1) is 34.5.